The van der Waals surface area contributed by atoms with Crippen molar-refractivity contribution < 1.29 is 4.74 Å². The van der Waals surface area contributed by atoms with Gasteiger partial charge in [0.1, 0.15) is 0 Å². The van der Waals surface area contributed by atoms with Crippen LogP contribution in [0.3, 0.4) is 0 Å². The summed E-state index contributed by atoms with van der Waals surface area (Å²) >= 11 is 1.85. The molecule has 0 unspecified atom stereocenters. The molecule has 11 heavy (non-hydrogen) atoms. The van der Waals surface area contributed by atoms with Crippen LogP contribution in [0.2, 0.25) is 0 Å². The molecule has 0 saturated carbocycles. The zero-order valence-electron chi connectivity index (χ0n) is 7.14. The van der Waals surface area contributed by atoms with Crippen molar-refractivity contribution in [3.05, 3.63) is 0 Å². The molecule has 0 aromatic rings. The molecule has 0 atom stereocenters. The SMILES string of the molecule is CSCCOC1CCNCC1. The Balaban J connectivity index is 1.96. The molecule has 1 fully saturated rings. The van der Waals surface area contributed by atoms with Crippen LogP contribution in [-0.4, -0.2) is 37.8 Å². The van der Waals surface area contributed by atoms with Crippen LogP contribution in [0.4, 0.5) is 0 Å². The molecule has 1 N–H and O–H groups in total. The Hall–Kier alpha value is 0.270. The average molecular weight is 175 g/mol. The molecule has 0 radical (unpaired) electrons. The lowest BCUT2D eigenvalue weighted by molar-refractivity contribution is 0.0433. The van der Waals surface area contributed by atoms with E-state index >= 15 is 0 Å². The summed E-state index contributed by atoms with van der Waals surface area (Å²) < 4.78 is 5.66. The lowest BCUT2D eigenvalue weighted by Crippen LogP contribution is -2.32. The molecular weight excluding hydrogens is 158 g/mol. The predicted octanol–water partition coefficient (Wildman–Crippen LogP) is 1.12. The fourth-order valence-electron chi connectivity index (χ4n) is 1.26. The summed E-state index contributed by atoms with van der Waals surface area (Å²) in [5.74, 6) is 1.13. The van der Waals surface area contributed by atoms with Crippen LogP contribution in [0.15, 0.2) is 0 Å². The largest absolute Gasteiger partial charge is 0.377 e. The molecule has 1 rings (SSSR count). The maximum Gasteiger partial charge on any atom is 0.0599 e. The van der Waals surface area contributed by atoms with Crippen LogP contribution in [0, 0.1) is 0 Å². The van der Waals surface area contributed by atoms with E-state index in [2.05, 4.69) is 11.6 Å². The molecule has 0 spiro atoms. The second-order valence-corrected chi connectivity index (χ2v) is 3.80. The normalized spacial score (nSPS) is 20.5. The quantitative estimate of drug-likeness (QED) is 0.647. The average Bonchev–Trinajstić information content (AvgIpc) is 2.07. The van der Waals surface area contributed by atoms with Crippen molar-refractivity contribution >= 4 is 11.8 Å². The van der Waals surface area contributed by atoms with E-state index in [1.807, 2.05) is 11.8 Å². The van der Waals surface area contributed by atoms with E-state index in [9.17, 15) is 0 Å². The zero-order chi connectivity index (χ0) is 7.94. The molecule has 1 aliphatic rings. The molecule has 0 bridgehead atoms. The monoisotopic (exact) mass is 175 g/mol. The van der Waals surface area contributed by atoms with Gasteiger partial charge in [-0.2, -0.15) is 11.8 Å². The number of rotatable bonds is 4. The Kier molecular flexibility index (Phi) is 4.99. The van der Waals surface area contributed by atoms with Gasteiger partial charge in [0, 0.05) is 5.75 Å². The molecule has 66 valence electrons. The van der Waals surface area contributed by atoms with Gasteiger partial charge in [0.15, 0.2) is 0 Å². The van der Waals surface area contributed by atoms with Gasteiger partial charge < -0.3 is 10.1 Å². The molecule has 3 heteroatoms. The summed E-state index contributed by atoms with van der Waals surface area (Å²) in [7, 11) is 0. The Bertz CT molecular complexity index is 94.1. The highest BCUT2D eigenvalue weighted by Gasteiger charge is 2.11. The smallest absolute Gasteiger partial charge is 0.0599 e. The number of hydrogen-bond acceptors (Lipinski definition) is 3. The van der Waals surface area contributed by atoms with Gasteiger partial charge in [-0.1, -0.05) is 0 Å². The second-order valence-electron chi connectivity index (χ2n) is 2.81. The minimum absolute atomic E-state index is 0.531. The first-order chi connectivity index (χ1) is 5.43. The van der Waals surface area contributed by atoms with Crippen molar-refractivity contribution in [2.75, 3.05) is 31.7 Å². The highest BCUT2D eigenvalue weighted by Crippen LogP contribution is 2.07. The van der Waals surface area contributed by atoms with E-state index in [1.54, 1.807) is 0 Å². The molecular formula is C8H17NOS. The fourth-order valence-corrected chi connectivity index (χ4v) is 1.52. The van der Waals surface area contributed by atoms with Crippen LogP contribution in [0.1, 0.15) is 12.8 Å². The van der Waals surface area contributed by atoms with E-state index in [1.165, 1.54) is 12.8 Å². The van der Waals surface area contributed by atoms with Crippen molar-refractivity contribution in [1.82, 2.24) is 5.32 Å². The number of hydrogen-bond donors (Lipinski definition) is 1. The van der Waals surface area contributed by atoms with Crippen LogP contribution in [0.25, 0.3) is 0 Å². The van der Waals surface area contributed by atoms with Gasteiger partial charge in [-0.05, 0) is 32.2 Å². The summed E-state index contributed by atoms with van der Waals surface area (Å²) in [5, 5.41) is 3.32. The van der Waals surface area contributed by atoms with Crippen molar-refractivity contribution in [2.24, 2.45) is 0 Å². The Morgan fingerprint density at radius 2 is 2.18 bits per heavy atom. The number of nitrogens with one attached hydrogen (secondary N) is 1. The third-order valence-electron chi connectivity index (χ3n) is 1.93. The van der Waals surface area contributed by atoms with Crippen LogP contribution in [-0.2, 0) is 4.74 Å². The predicted molar refractivity (Wildman–Crippen MR) is 50.2 cm³/mol. The Morgan fingerprint density at radius 1 is 1.45 bits per heavy atom. The van der Waals surface area contributed by atoms with E-state index in [0.29, 0.717) is 6.10 Å². The van der Waals surface area contributed by atoms with Crippen molar-refractivity contribution in [1.29, 1.82) is 0 Å². The van der Waals surface area contributed by atoms with E-state index in [-0.39, 0.29) is 0 Å². The van der Waals surface area contributed by atoms with E-state index in [4.69, 9.17) is 4.74 Å². The molecule has 0 aromatic heterocycles. The van der Waals surface area contributed by atoms with Gasteiger partial charge in [0.2, 0.25) is 0 Å². The van der Waals surface area contributed by atoms with Crippen LogP contribution in [0.5, 0.6) is 0 Å². The summed E-state index contributed by atoms with van der Waals surface area (Å²) in [4.78, 5) is 0. The molecule has 0 aliphatic carbocycles. The highest BCUT2D eigenvalue weighted by molar-refractivity contribution is 7.98. The van der Waals surface area contributed by atoms with Crippen molar-refractivity contribution in [3.8, 4) is 0 Å². The minimum atomic E-state index is 0.531. The van der Waals surface area contributed by atoms with Crippen LogP contribution >= 0.6 is 11.8 Å². The zero-order valence-corrected chi connectivity index (χ0v) is 7.95. The number of thioether (sulfide) groups is 1. The van der Waals surface area contributed by atoms with Crippen molar-refractivity contribution in [2.45, 2.75) is 18.9 Å². The first-order valence-electron chi connectivity index (χ1n) is 4.24. The first-order valence-corrected chi connectivity index (χ1v) is 5.64. The second kappa shape index (κ2) is 5.86. The third-order valence-corrected chi connectivity index (χ3v) is 2.50. The molecule has 1 heterocycles. The Morgan fingerprint density at radius 3 is 2.82 bits per heavy atom. The Labute approximate surface area is 73.1 Å². The van der Waals surface area contributed by atoms with Crippen molar-refractivity contribution in [3.63, 3.8) is 0 Å². The summed E-state index contributed by atoms with van der Waals surface area (Å²) in [5.41, 5.74) is 0. The van der Waals surface area contributed by atoms with Gasteiger partial charge in [-0.15, -0.1) is 0 Å². The highest BCUT2D eigenvalue weighted by atomic mass is 32.2. The van der Waals surface area contributed by atoms with Gasteiger partial charge in [-0.25, -0.2) is 0 Å². The lowest BCUT2D eigenvalue weighted by Gasteiger charge is -2.22. The lowest BCUT2D eigenvalue weighted by atomic mass is 10.1. The maximum atomic E-state index is 5.66. The van der Waals surface area contributed by atoms with Crippen LogP contribution < -0.4 is 5.32 Å². The van der Waals surface area contributed by atoms with Gasteiger partial charge in [0.25, 0.3) is 0 Å². The summed E-state index contributed by atoms with van der Waals surface area (Å²) in [6.07, 6.45) is 5.03. The minimum Gasteiger partial charge on any atom is -0.377 e. The van der Waals surface area contributed by atoms with E-state index in [0.717, 1.165) is 25.4 Å². The molecule has 0 amide bonds. The maximum absolute atomic E-state index is 5.66. The summed E-state index contributed by atoms with van der Waals surface area (Å²) in [6.45, 7) is 3.18. The molecule has 1 saturated heterocycles. The van der Waals surface area contributed by atoms with Gasteiger partial charge in [-0.3, -0.25) is 0 Å². The molecule has 2 nitrogen and oxygen atoms in total. The first kappa shape index (κ1) is 9.36. The number of ether oxygens (including phenoxy) is 1. The van der Waals surface area contributed by atoms with Gasteiger partial charge >= 0.3 is 0 Å². The third kappa shape index (κ3) is 3.99. The topological polar surface area (TPSA) is 21.3 Å². The molecule has 0 aromatic carbocycles. The standard InChI is InChI=1S/C8H17NOS/c1-11-7-6-10-8-2-4-9-5-3-8/h8-9H,2-7H2,1H3. The number of piperidine rings is 1. The fraction of sp³-hybridized carbons (Fsp3) is 1.00. The molecule has 1 aliphatic heterocycles. The van der Waals surface area contributed by atoms with E-state index < -0.39 is 0 Å². The summed E-state index contributed by atoms with van der Waals surface area (Å²) in [6, 6.07) is 0. The van der Waals surface area contributed by atoms with Gasteiger partial charge in [0.05, 0.1) is 12.7 Å².